The fraction of sp³-hybridized carbons (Fsp3) is 1.00. The zero-order chi connectivity index (χ0) is 14.5. The van der Waals surface area contributed by atoms with E-state index < -0.39 is 0 Å². The highest BCUT2D eigenvalue weighted by Crippen LogP contribution is 2.36. The third-order valence-electron chi connectivity index (χ3n) is 5.14. The molecule has 0 aromatic rings. The Morgan fingerprint density at radius 1 is 1.16 bits per heavy atom. The molecule has 0 aliphatic heterocycles. The maximum Gasteiger partial charge on any atom is 0.00923 e. The SMILES string of the molecule is CCC(CC)(CNCC(C)C)CN(C)C(C)C1CC1. The summed E-state index contributed by atoms with van der Waals surface area (Å²) in [7, 11) is 2.32. The Bertz CT molecular complexity index is 242. The molecule has 1 atom stereocenters. The van der Waals surface area contributed by atoms with Crippen molar-refractivity contribution in [2.24, 2.45) is 17.3 Å². The summed E-state index contributed by atoms with van der Waals surface area (Å²) in [5, 5.41) is 3.69. The van der Waals surface area contributed by atoms with Gasteiger partial charge in [0.1, 0.15) is 0 Å². The molecule has 0 heterocycles. The van der Waals surface area contributed by atoms with Gasteiger partial charge in [-0.2, -0.15) is 0 Å². The van der Waals surface area contributed by atoms with Gasteiger partial charge < -0.3 is 10.2 Å². The lowest BCUT2D eigenvalue weighted by molar-refractivity contribution is 0.118. The van der Waals surface area contributed by atoms with Crippen LogP contribution in [0.25, 0.3) is 0 Å². The lowest BCUT2D eigenvalue weighted by Gasteiger charge is -2.38. The van der Waals surface area contributed by atoms with Crippen LogP contribution in [0.3, 0.4) is 0 Å². The summed E-state index contributed by atoms with van der Waals surface area (Å²) < 4.78 is 0. The molecule has 0 aromatic heterocycles. The smallest absolute Gasteiger partial charge is 0.00923 e. The Morgan fingerprint density at radius 3 is 2.16 bits per heavy atom. The summed E-state index contributed by atoms with van der Waals surface area (Å²) in [6.07, 6.45) is 5.44. The largest absolute Gasteiger partial charge is 0.316 e. The van der Waals surface area contributed by atoms with Crippen LogP contribution in [0.4, 0.5) is 0 Å². The standard InChI is InChI=1S/C17H36N2/c1-7-17(8-2,12-18-11-14(3)4)13-19(6)15(5)16-9-10-16/h14-16,18H,7-13H2,1-6H3. The molecule has 2 heteroatoms. The Balaban J connectivity index is 2.48. The Kier molecular flexibility index (Phi) is 6.82. The Morgan fingerprint density at radius 2 is 1.74 bits per heavy atom. The molecule has 1 saturated carbocycles. The van der Waals surface area contributed by atoms with Crippen molar-refractivity contribution in [3.63, 3.8) is 0 Å². The van der Waals surface area contributed by atoms with Crippen molar-refractivity contribution in [3.05, 3.63) is 0 Å². The summed E-state index contributed by atoms with van der Waals surface area (Å²) in [6, 6.07) is 0.766. The molecule has 0 aromatic carbocycles. The van der Waals surface area contributed by atoms with Crippen LogP contribution < -0.4 is 5.32 Å². The third kappa shape index (κ3) is 5.43. The van der Waals surface area contributed by atoms with E-state index in [1.165, 1.54) is 38.8 Å². The van der Waals surface area contributed by atoms with Crippen LogP contribution in [0.5, 0.6) is 0 Å². The quantitative estimate of drug-likeness (QED) is 0.649. The summed E-state index contributed by atoms with van der Waals surface area (Å²) in [6.45, 7) is 15.2. The number of hydrogen-bond acceptors (Lipinski definition) is 2. The van der Waals surface area contributed by atoms with Crippen molar-refractivity contribution >= 4 is 0 Å². The molecule has 0 bridgehead atoms. The van der Waals surface area contributed by atoms with E-state index in [1.807, 2.05) is 0 Å². The third-order valence-corrected chi connectivity index (χ3v) is 5.14. The number of nitrogens with zero attached hydrogens (tertiary/aromatic N) is 1. The van der Waals surface area contributed by atoms with Crippen molar-refractivity contribution in [2.75, 3.05) is 26.7 Å². The predicted molar refractivity (Wildman–Crippen MR) is 85.5 cm³/mol. The minimum absolute atomic E-state index is 0.451. The van der Waals surface area contributed by atoms with Crippen molar-refractivity contribution in [1.82, 2.24) is 10.2 Å². The van der Waals surface area contributed by atoms with E-state index in [2.05, 4.69) is 51.9 Å². The molecule has 1 aliphatic rings. The van der Waals surface area contributed by atoms with Gasteiger partial charge in [-0.1, -0.05) is 27.7 Å². The van der Waals surface area contributed by atoms with E-state index in [9.17, 15) is 0 Å². The predicted octanol–water partition coefficient (Wildman–Crippen LogP) is 3.77. The van der Waals surface area contributed by atoms with E-state index in [-0.39, 0.29) is 0 Å². The fourth-order valence-electron chi connectivity index (χ4n) is 3.02. The molecule has 19 heavy (non-hydrogen) atoms. The first-order valence-corrected chi connectivity index (χ1v) is 8.35. The summed E-state index contributed by atoms with van der Waals surface area (Å²) in [5.74, 6) is 1.72. The van der Waals surface area contributed by atoms with E-state index in [4.69, 9.17) is 0 Å². The summed E-state index contributed by atoms with van der Waals surface area (Å²) >= 11 is 0. The maximum atomic E-state index is 3.69. The van der Waals surface area contributed by atoms with Gasteiger partial charge in [-0.05, 0) is 63.5 Å². The maximum absolute atomic E-state index is 3.69. The van der Waals surface area contributed by atoms with Crippen molar-refractivity contribution in [2.45, 2.75) is 66.3 Å². The van der Waals surface area contributed by atoms with Crippen LogP contribution in [0.2, 0.25) is 0 Å². The first kappa shape index (κ1) is 17.0. The zero-order valence-corrected chi connectivity index (χ0v) is 14.1. The summed E-state index contributed by atoms with van der Waals surface area (Å²) in [5.41, 5.74) is 0.451. The minimum Gasteiger partial charge on any atom is -0.316 e. The van der Waals surface area contributed by atoms with E-state index in [0.717, 1.165) is 24.4 Å². The molecule has 1 N–H and O–H groups in total. The van der Waals surface area contributed by atoms with Crippen LogP contribution in [0.15, 0.2) is 0 Å². The lowest BCUT2D eigenvalue weighted by atomic mass is 9.81. The van der Waals surface area contributed by atoms with Gasteiger partial charge in [0.15, 0.2) is 0 Å². The zero-order valence-electron chi connectivity index (χ0n) is 14.1. The molecule has 1 rings (SSSR count). The molecular weight excluding hydrogens is 232 g/mol. The molecule has 0 spiro atoms. The molecule has 1 aliphatic carbocycles. The van der Waals surface area contributed by atoms with Gasteiger partial charge in [-0.3, -0.25) is 0 Å². The first-order valence-electron chi connectivity index (χ1n) is 8.35. The minimum atomic E-state index is 0.451. The lowest BCUT2D eigenvalue weighted by Crippen LogP contribution is -2.46. The van der Waals surface area contributed by atoms with Gasteiger partial charge >= 0.3 is 0 Å². The second-order valence-corrected chi connectivity index (χ2v) is 7.23. The Labute approximate surface area is 121 Å². The molecule has 0 radical (unpaired) electrons. The molecule has 0 saturated heterocycles. The van der Waals surface area contributed by atoms with Crippen LogP contribution >= 0.6 is 0 Å². The normalized spacial score (nSPS) is 18.3. The summed E-state index contributed by atoms with van der Waals surface area (Å²) in [4.78, 5) is 2.61. The second-order valence-electron chi connectivity index (χ2n) is 7.23. The highest BCUT2D eigenvalue weighted by atomic mass is 15.1. The van der Waals surface area contributed by atoms with Gasteiger partial charge in [-0.15, -0.1) is 0 Å². The highest BCUT2D eigenvalue weighted by Gasteiger charge is 2.34. The number of nitrogens with one attached hydrogen (secondary N) is 1. The van der Waals surface area contributed by atoms with Crippen LogP contribution in [0.1, 0.15) is 60.3 Å². The second kappa shape index (κ2) is 7.64. The molecule has 1 fully saturated rings. The number of hydrogen-bond donors (Lipinski definition) is 1. The van der Waals surface area contributed by atoms with Gasteiger partial charge in [0.05, 0.1) is 0 Å². The molecule has 2 nitrogen and oxygen atoms in total. The van der Waals surface area contributed by atoms with E-state index >= 15 is 0 Å². The monoisotopic (exact) mass is 268 g/mol. The van der Waals surface area contributed by atoms with Gasteiger partial charge in [-0.25, -0.2) is 0 Å². The molecular formula is C17H36N2. The topological polar surface area (TPSA) is 15.3 Å². The van der Waals surface area contributed by atoms with Gasteiger partial charge in [0.25, 0.3) is 0 Å². The van der Waals surface area contributed by atoms with E-state index in [0.29, 0.717) is 5.41 Å². The van der Waals surface area contributed by atoms with Gasteiger partial charge in [0.2, 0.25) is 0 Å². The molecule has 1 unspecified atom stereocenters. The van der Waals surface area contributed by atoms with Gasteiger partial charge in [0, 0.05) is 19.1 Å². The van der Waals surface area contributed by atoms with Crippen LogP contribution in [0, 0.1) is 17.3 Å². The van der Waals surface area contributed by atoms with Crippen LogP contribution in [-0.4, -0.2) is 37.6 Å². The first-order chi connectivity index (χ1) is 8.94. The average molecular weight is 268 g/mol. The van der Waals surface area contributed by atoms with Crippen molar-refractivity contribution in [1.29, 1.82) is 0 Å². The van der Waals surface area contributed by atoms with Crippen LogP contribution in [-0.2, 0) is 0 Å². The van der Waals surface area contributed by atoms with Crippen molar-refractivity contribution < 1.29 is 0 Å². The average Bonchev–Trinajstić information content (AvgIpc) is 3.20. The van der Waals surface area contributed by atoms with Crippen molar-refractivity contribution in [3.8, 4) is 0 Å². The van der Waals surface area contributed by atoms with E-state index in [1.54, 1.807) is 0 Å². The fourth-order valence-corrected chi connectivity index (χ4v) is 3.02. The molecule has 114 valence electrons. The molecule has 0 amide bonds. The highest BCUT2D eigenvalue weighted by molar-refractivity contribution is 4.88. The number of rotatable bonds is 10. The Hall–Kier alpha value is -0.0800.